The van der Waals surface area contributed by atoms with E-state index in [9.17, 15) is 9.18 Å². The van der Waals surface area contributed by atoms with Gasteiger partial charge in [0.1, 0.15) is 5.82 Å². The number of rotatable bonds is 4. The predicted octanol–water partition coefficient (Wildman–Crippen LogP) is 0.757. The van der Waals surface area contributed by atoms with Gasteiger partial charge in [-0.1, -0.05) is 12.1 Å². The van der Waals surface area contributed by atoms with Crippen LogP contribution in [0.2, 0.25) is 0 Å². The monoisotopic (exact) mass is 396 g/mol. The number of piperidine rings is 1. The Labute approximate surface area is 167 Å². The Bertz CT molecular complexity index is 963. The molecule has 0 unspecified atom stereocenters. The highest BCUT2D eigenvalue weighted by molar-refractivity contribution is 5.96. The normalized spacial score (nSPS) is 16.1. The number of hydrogen-bond acceptors (Lipinski definition) is 6. The van der Waals surface area contributed by atoms with Gasteiger partial charge in [0.25, 0.3) is 5.91 Å². The van der Waals surface area contributed by atoms with Gasteiger partial charge < -0.3 is 21.7 Å². The summed E-state index contributed by atoms with van der Waals surface area (Å²) in [5.74, 6) is -0.601. The highest BCUT2D eigenvalue weighted by atomic mass is 19.1. The van der Waals surface area contributed by atoms with Crippen molar-refractivity contribution in [2.24, 2.45) is 10.7 Å². The third-order valence-electron chi connectivity index (χ3n) is 5.18. The first kappa shape index (κ1) is 20.0. The molecule has 1 amide bonds. The maximum absolute atomic E-state index is 13.9. The van der Waals surface area contributed by atoms with E-state index in [1.54, 1.807) is 17.2 Å². The molecule has 0 bridgehead atoms. The third kappa shape index (κ3) is 4.40. The molecule has 150 valence electrons. The second kappa shape index (κ2) is 8.52. The summed E-state index contributed by atoms with van der Waals surface area (Å²) in [6.07, 6.45) is 5.63. The van der Waals surface area contributed by atoms with Crippen molar-refractivity contribution in [3.63, 3.8) is 0 Å². The van der Waals surface area contributed by atoms with Gasteiger partial charge in [-0.15, -0.1) is 4.99 Å². The standard InChI is InChI=1S/C19H21FN8O/c20-14-3-1-2-13(10-14)19(4-8-28(9-5-19)18(23)27-12-21)11-26-17(29)15-16(22)25-7-6-24-15/h1-3,6-7,10H,4-5,8-9,11H2,(H2,22,25)(H2,23,27)(H,26,29). The van der Waals surface area contributed by atoms with Crippen molar-refractivity contribution in [3.8, 4) is 6.19 Å². The number of likely N-dealkylation sites (tertiary alicyclic amines) is 1. The molecule has 0 aliphatic carbocycles. The molecule has 10 heteroatoms. The van der Waals surface area contributed by atoms with Crippen LogP contribution in [-0.2, 0) is 5.41 Å². The van der Waals surface area contributed by atoms with E-state index in [0.717, 1.165) is 5.56 Å². The number of nitrogens with one attached hydrogen (secondary N) is 1. The molecule has 0 atom stereocenters. The number of benzene rings is 1. The van der Waals surface area contributed by atoms with Crippen LogP contribution in [0, 0.1) is 17.3 Å². The lowest BCUT2D eigenvalue weighted by molar-refractivity contribution is 0.0928. The summed E-state index contributed by atoms with van der Waals surface area (Å²) in [6, 6.07) is 6.34. The van der Waals surface area contributed by atoms with E-state index >= 15 is 0 Å². The maximum atomic E-state index is 13.9. The number of nitriles is 1. The van der Waals surface area contributed by atoms with Gasteiger partial charge in [-0.25, -0.2) is 14.4 Å². The van der Waals surface area contributed by atoms with Gasteiger partial charge in [0.2, 0.25) is 12.2 Å². The topological polar surface area (TPSA) is 146 Å². The average molecular weight is 396 g/mol. The Morgan fingerprint density at radius 2 is 2.07 bits per heavy atom. The summed E-state index contributed by atoms with van der Waals surface area (Å²) in [5.41, 5.74) is 11.9. The summed E-state index contributed by atoms with van der Waals surface area (Å²) in [4.78, 5) is 25.8. The lowest BCUT2D eigenvalue weighted by atomic mass is 9.72. The van der Waals surface area contributed by atoms with Crippen LogP contribution >= 0.6 is 0 Å². The zero-order chi connectivity index (χ0) is 20.9. The maximum Gasteiger partial charge on any atom is 0.273 e. The summed E-state index contributed by atoms with van der Waals surface area (Å²) in [7, 11) is 0. The van der Waals surface area contributed by atoms with E-state index in [2.05, 4.69) is 20.3 Å². The first-order valence-corrected chi connectivity index (χ1v) is 9.03. The van der Waals surface area contributed by atoms with Crippen molar-refractivity contribution in [1.82, 2.24) is 20.2 Å². The van der Waals surface area contributed by atoms with Crippen molar-refractivity contribution in [2.45, 2.75) is 18.3 Å². The summed E-state index contributed by atoms with van der Waals surface area (Å²) in [5, 5.41) is 11.6. The number of amides is 1. The molecule has 0 saturated carbocycles. The molecule has 3 rings (SSSR count). The number of aliphatic imine (C=N–C) groups is 1. The number of guanidine groups is 1. The molecular formula is C19H21FN8O. The van der Waals surface area contributed by atoms with Crippen LogP contribution in [0.1, 0.15) is 28.9 Å². The smallest absolute Gasteiger partial charge is 0.273 e. The van der Waals surface area contributed by atoms with Crippen LogP contribution in [0.25, 0.3) is 0 Å². The Morgan fingerprint density at radius 1 is 1.34 bits per heavy atom. The molecule has 1 aliphatic rings. The minimum Gasteiger partial charge on any atom is -0.382 e. The summed E-state index contributed by atoms with van der Waals surface area (Å²) < 4.78 is 13.9. The van der Waals surface area contributed by atoms with Crippen molar-refractivity contribution >= 4 is 17.7 Å². The van der Waals surface area contributed by atoms with Gasteiger partial charge in [-0.05, 0) is 30.5 Å². The lowest BCUT2D eigenvalue weighted by Crippen LogP contribution is -2.52. The number of halogens is 1. The van der Waals surface area contributed by atoms with Crippen molar-refractivity contribution < 1.29 is 9.18 Å². The molecule has 2 aromatic rings. The summed E-state index contributed by atoms with van der Waals surface area (Å²) in [6.45, 7) is 1.28. The molecule has 1 aromatic heterocycles. The molecule has 2 heterocycles. The quantitative estimate of drug-likeness (QED) is 0.393. The lowest BCUT2D eigenvalue weighted by Gasteiger charge is -2.42. The molecule has 0 radical (unpaired) electrons. The number of anilines is 1. The molecule has 1 aliphatic heterocycles. The minimum absolute atomic E-state index is 0.0418. The largest absolute Gasteiger partial charge is 0.382 e. The van der Waals surface area contributed by atoms with E-state index in [0.29, 0.717) is 25.9 Å². The Balaban J connectivity index is 1.82. The molecular weight excluding hydrogens is 375 g/mol. The van der Waals surface area contributed by atoms with Gasteiger partial charge in [0.15, 0.2) is 11.5 Å². The van der Waals surface area contributed by atoms with Crippen molar-refractivity contribution in [3.05, 3.63) is 53.7 Å². The molecule has 5 N–H and O–H groups in total. The summed E-state index contributed by atoms with van der Waals surface area (Å²) >= 11 is 0. The van der Waals surface area contributed by atoms with Crippen LogP contribution in [-0.4, -0.2) is 46.4 Å². The second-order valence-corrected chi connectivity index (χ2v) is 6.82. The molecule has 0 spiro atoms. The van der Waals surface area contributed by atoms with Gasteiger partial charge in [0.05, 0.1) is 0 Å². The fourth-order valence-corrected chi connectivity index (χ4v) is 3.53. The van der Waals surface area contributed by atoms with Crippen LogP contribution in [0.15, 0.2) is 41.7 Å². The predicted molar refractivity (Wildman–Crippen MR) is 105 cm³/mol. The fraction of sp³-hybridized carbons (Fsp3) is 0.316. The Morgan fingerprint density at radius 3 is 2.72 bits per heavy atom. The SMILES string of the molecule is N#CN=C(N)N1CCC(CNC(=O)c2nccnc2N)(c2cccc(F)c2)CC1. The molecule has 29 heavy (non-hydrogen) atoms. The molecule has 1 fully saturated rings. The zero-order valence-electron chi connectivity index (χ0n) is 15.7. The van der Waals surface area contributed by atoms with E-state index in [1.165, 1.54) is 24.5 Å². The highest BCUT2D eigenvalue weighted by Crippen LogP contribution is 2.35. The van der Waals surface area contributed by atoms with Crippen LogP contribution in [0.4, 0.5) is 10.2 Å². The van der Waals surface area contributed by atoms with Gasteiger partial charge in [-0.2, -0.15) is 5.26 Å². The van der Waals surface area contributed by atoms with Crippen LogP contribution in [0.3, 0.4) is 0 Å². The number of nitrogens with two attached hydrogens (primary N) is 2. The van der Waals surface area contributed by atoms with Crippen molar-refractivity contribution in [1.29, 1.82) is 5.26 Å². The van der Waals surface area contributed by atoms with Crippen molar-refractivity contribution in [2.75, 3.05) is 25.4 Å². The number of carbonyl (C=O) groups is 1. The minimum atomic E-state index is -0.516. The number of carbonyl (C=O) groups excluding carboxylic acids is 1. The number of nitrogen functional groups attached to an aromatic ring is 1. The van der Waals surface area contributed by atoms with E-state index < -0.39 is 11.3 Å². The van der Waals surface area contributed by atoms with E-state index in [1.807, 2.05) is 6.07 Å². The first-order valence-electron chi connectivity index (χ1n) is 9.03. The average Bonchev–Trinajstić information content (AvgIpc) is 2.73. The van der Waals surface area contributed by atoms with E-state index in [4.69, 9.17) is 16.7 Å². The fourth-order valence-electron chi connectivity index (χ4n) is 3.53. The number of hydrogen-bond donors (Lipinski definition) is 3. The van der Waals surface area contributed by atoms with Crippen LogP contribution < -0.4 is 16.8 Å². The van der Waals surface area contributed by atoms with Gasteiger partial charge >= 0.3 is 0 Å². The van der Waals surface area contributed by atoms with Crippen LogP contribution in [0.5, 0.6) is 0 Å². The van der Waals surface area contributed by atoms with E-state index in [-0.39, 0.29) is 29.8 Å². The molecule has 1 aromatic carbocycles. The number of aromatic nitrogens is 2. The Hall–Kier alpha value is -3.74. The first-order chi connectivity index (χ1) is 13.9. The van der Waals surface area contributed by atoms with Gasteiger partial charge in [-0.3, -0.25) is 4.79 Å². The molecule has 9 nitrogen and oxygen atoms in total. The zero-order valence-corrected chi connectivity index (χ0v) is 15.7. The van der Waals surface area contributed by atoms with Gasteiger partial charge in [0, 0.05) is 37.4 Å². The molecule has 1 saturated heterocycles. The highest BCUT2D eigenvalue weighted by Gasteiger charge is 2.37. The third-order valence-corrected chi connectivity index (χ3v) is 5.18. The second-order valence-electron chi connectivity index (χ2n) is 6.82. The number of nitrogens with zero attached hydrogens (tertiary/aromatic N) is 5. The Kier molecular flexibility index (Phi) is 5.87.